The van der Waals surface area contributed by atoms with Gasteiger partial charge in [-0.05, 0) is 65.0 Å². The normalized spacial score (nSPS) is 11.4. The SMILES string of the molecule is NCCNCCCNCCNCCCCCCCCNCCNCCCNCCN. The molecule has 0 unspecified atom stereocenters. The van der Waals surface area contributed by atoms with Gasteiger partial charge < -0.3 is 43.4 Å². The van der Waals surface area contributed by atoms with Crippen LogP contribution in [0.4, 0.5) is 0 Å². The summed E-state index contributed by atoms with van der Waals surface area (Å²) < 4.78 is 0. The largest absolute Gasteiger partial charge is 0.329 e. The molecule has 0 aromatic carbocycles. The number of nitrogens with two attached hydrogens (primary N) is 2. The zero-order valence-electron chi connectivity index (χ0n) is 19.7. The first-order chi connectivity index (χ1) is 14.9. The van der Waals surface area contributed by atoms with Gasteiger partial charge in [0.25, 0.3) is 0 Å². The van der Waals surface area contributed by atoms with Gasteiger partial charge >= 0.3 is 0 Å². The molecule has 0 aromatic rings. The van der Waals surface area contributed by atoms with E-state index in [1.165, 1.54) is 51.4 Å². The maximum absolute atomic E-state index is 5.44. The number of rotatable bonds is 27. The van der Waals surface area contributed by atoms with Crippen LogP contribution in [0.25, 0.3) is 0 Å². The van der Waals surface area contributed by atoms with Gasteiger partial charge in [0.05, 0.1) is 0 Å². The van der Waals surface area contributed by atoms with Crippen molar-refractivity contribution >= 4 is 0 Å². The molecule has 0 amide bonds. The molecule has 0 aliphatic carbocycles. The van der Waals surface area contributed by atoms with Gasteiger partial charge in [-0.25, -0.2) is 0 Å². The highest BCUT2D eigenvalue weighted by Crippen LogP contribution is 2.04. The van der Waals surface area contributed by atoms with Crippen molar-refractivity contribution in [3.63, 3.8) is 0 Å². The van der Waals surface area contributed by atoms with Crippen LogP contribution >= 0.6 is 0 Å². The molecule has 0 atom stereocenters. The van der Waals surface area contributed by atoms with E-state index in [2.05, 4.69) is 31.9 Å². The molecule has 30 heavy (non-hydrogen) atoms. The highest BCUT2D eigenvalue weighted by molar-refractivity contribution is 4.57. The predicted molar refractivity (Wildman–Crippen MR) is 132 cm³/mol. The van der Waals surface area contributed by atoms with Crippen molar-refractivity contribution in [2.24, 2.45) is 11.5 Å². The first-order valence-electron chi connectivity index (χ1n) is 12.6. The van der Waals surface area contributed by atoms with Gasteiger partial charge in [-0.3, -0.25) is 0 Å². The van der Waals surface area contributed by atoms with Crippen LogP contribution in [0.2, 0.25) is 0 Å². The predicted octanol–water partition coefficient (Wildman–Crippen LogP) is -0.438. The summed E-state index contributed by atoms with van der Waals surface area (Å²) in [6.45, 7) is 14.1. The Morgan fingerprint density at radius 1 is 0.267 bits per heavy atom. The first-order valence-corrected chi connectivity index (χ1v) is 12.6. The minimum Gasteiger partial charge on any atom is -0.329 e. The monoisotopic (exact) mass is 430 g/mol. The molecule has 8 nitrogen and oxygen atoms in total. The summed E-state index contributed by atoms with van der Waals surface area (Å²) in [5.41, 5.74) is 10.9. The van der Waals surface area contributed by atoms with Crippen LogP contribution < -0.4 is 43.4 Å². The van der Waals surface area contributed by atoms with Gasteiger partial charge in [-0.15, -0.1) is 0 Å². The summed E-state index contributed by atoms with van der Waals surface area (Å²) in [6, 6.07) is 0. The molecule has 0 bridgehead atoms. The molecule has 0 aliphatic heterocycles. The molecule has 0 saturated carbocycles. The summed E-state index contributed by atoms with van der Waals surface area (Å²) in [5, 5.41) is 20.6. The number of hydrogen-bond donors (Lipinski definition) is 8. The van der Waals surface area contributed by atoms with E-state index in [1.54, 1.807) is 0 Å². The van der Waals surface area contributed by atoms with E-state index < -0.39 is 0 Å². The van der Waals surface area contributed by atoms with Gasteiger partial charge in [-0.1, -0.05) is 25.7 Å². The average Bonchev–Trinajstić information content (AvgIpc) is 2.76. The van der Waals surface area contributed by atoms with Gasteiger partial charge in [0.2, 0.25) is 0 Å². The quantitative estimate of drug-likeness (QED) is 0.0825. The van der Waals surface area contributed by atoms with Crippen LogP contribution in [0.15, 0.2) is 0 Å². The van der Waals surface area contributed by atoms with Crippen molar-refractivity contribution in [3.05, 3.63) is 0 Å². The highest BCUT2D eigenvalue weighted by atomic mass is 15.0. The number of hydrogen-bond acceptors (Lipinski definition) is 8. The highest BCUT2D eigenvalue weighted by Gasteiger charge is 1.94. The van der Waals surface area contributed by atoms with Gasteiger partial charge in [0.1, 0.15) is 0 Å². The Morgan fingerprint density at radius 2 is 0.533 bits per heavy atom. The topological polar surface area (TPSA) is 124 Å². The molecule has 10 N–H and O–H groups in total. The fourth-order valence-electron chi connectivity index (χ4n) is 3.19. The molecular formula is C22H54N8. The van der Waals surface area contributed by atoms with Crippen molar-refractivity contribution in [1.29, 1.82) is 0 Å². The minimum atomic E-state index is 0.724. The molecule has 0 fully saturated rings. The molecule has 0 radical (unpaired) electrons. The van der Waals surface area contributed by atoms with Crippen LogP contribution in [-0.2, 0) is 0 Å². The summed E-state index contributed by atoms with van der Waals surface area (Å²) in [4.78, 5) is 0. The lowest BCUT2D eigenvalue weighted by Gasteiger charge is -2.08. The van der Waals surface area contributed by atoms with E-state index in [-0.39, 0.29) is 0 Å². The number of nitrogens with one attached hydrogen (secondary N) is 6. The molecule has 0 saturated heterocycles. The van der Waals surface area contributed by atoms with E-state index in [0.29, 0.717) is 0 Å². The first kappa shape index (κ1) is 29.7. The van der Waals surface area contributed by atoms with E-state index in [4.69, 9.17) is 11.5 Å². The van der Waals surface area contributed by atoms with Gasteiger partial charge in [0, 0.05) is 52.4 Å². The Balaban J connectivity index is 2.97. The Kier molecular flexibility index (Phi) is 28.4. The van der Waals surface area contributed by atoms with Crippen LogP contribution in [-0.4, -0.2) is 91.6 Å². The Bertz CT molecular complexity index is 266. The molecular weight excluding hydrogens is 376 g/mol. The lowest BCUT2D eigenvalue weighted by Crippen LogP contribution is -2.30. The third kappa shape index (κ3) is 27.7. The summed E-state index contributed by atoms with van der Waals surface area (Å²) in [6.07, 6.45) is 10.4. The van der Waals surface area contributed by atoms with E-state index in [1.807, 2.05) is 0 Å². The van der Waals surface area contributed by atoms with Crippen LogP contribution in [0, 0.1) is 0 Å². The fraction of sp³-hybridized carbons (Fsp3) is 1.00. The van der Waals surface area contributed by atoms with Crippen molar-refractivity contribution < 1.29 is 0 Å². The van der Waals surface area contributed by atoms with Crippen LogP contribution in [0.1, 0.15) is 51.4 Å². The van der Waals surface area contributed by atoms with E-state index in [0.717, 1.165) is 91.6 Å². The van der Waals surface area contributed by atoms with Gasteiger partial charge in [0.15, 0.2) is 0 Å². The minimum absolute atomic E-state index is 0.724. The third-order valence-electron chi connectivity index (χ3n) is 4.97. The second-order valence-electron chi connectivity index (χ2n) is 7.91. The van der Waals surface area contributed by atoms with Crippen molar-refractivity contribution in [3.8, 4) is 0 Å². The molecule has 182 valence electrons. The molecule has 8 heteroatoms. The molecule has 0 aliphatic rings. The van der Waals surface area contributed by atoms with E-state index in [9.17, 15) is 0 Å². The van der Waals surface area contributed by atoms with Gasteiger partial charge in [-0.2, -0.15) is 0 Å². The summed E-state index contributed by atoms with van der Waals surface area (Å²) in [5.74, 6) is 0. The van der Waals surface area contributed by atoms with Crippen molar-refractivity contribution in [2.45, 2.75) is 51.4 Å². The lowest BCUT2D eigenvalue weighted by atomic mass is 10.1. The van der Waals surface area contributed by atoms with Crippen molar-refractivity contribution in [2.75, 3.05) is 91.6 Å². The number of unbranched alkanes of at least 4 members (excludes halogenated alkanes) is 5. The lowest BCUT2D eigenvalue weighted by molar-refractivity contribution is 0.532. The zero-order valence-corrected chi connectivity index (χ0v) is 19.7. The third-order valence-corrected chi connectivity index (χ3v) is 4.97. The van der Waals surface area contributed by atoms with E-state index >= 15 is 0 Å². The second kappa shape index (κ2) is 28.7. The fourth-order valence-corrected chi connectivity index (χ4v) is 3.19. The summed E-state index contributed by atoms with van der Waals surface area (Å²) in [7, 11) is 0. The smallest absolute Gasteiger partial charge is 0.00767 e. The standard InChI is InChI=1S/C22H54N8/c23-9-17-25-13-7-15-29-21-19-27-11-5-3-1-2-4-6-12-28-20-22-30-16-8-14-26-18-10-24/h25-30H,1-24H2. The molecule has 0 heterocycles. The Labute approximate surface area is 186 Å². The Hall–Kier alpha value is -0.320. The average molecular weight is 431 g/mol. The molecule has 0 aromatic heterocycles. The second-order valence-corrected chi connectivity index (χ2v) is 7.91. The molecule has 0 rings (SSSR count). The Morgan fingerprint density at radius 3 is 0.867 bits per heavy atom. The van der Waals surface area contributed by atoms with Crippen molar-refractivity contribution in [1.82, 2.24) is 31.9 Å². The maximum Gasteiger partial charge on any atom is 0.00767 e. The zero-order chi connectivity index (χ0) is 21.8. The molecule has 0 spiro atoms. The summed E-state index contributed by atoms with van der Waals surface area (Å²) >= 11 is 0. The van der Waals surface area contributed by atoms with Crippen LogP contribution in [0.3, 0.4) is 0 Å². The maximum atomic E-state index is 5.44. The van der Waals surface area contributed by atoms with Crippen LogP contribution in [0.5, 0.6) is 0 Å².